The molecule has 4 aliphatic rings. The number of fused-ring (bicyclic) bond motifs is 5. The molecule has 2 fully saturated rings. The predicted molar refractivity (Wildman–Crippen MR) is 185 cm³/mol. The maximum absolute atomic E-state index is 13.1. The van der Waals surface area contributed by atoms with E-state index in [1.807, 2.05) is 51.1 Å². The van der Waals surface area contributed by atoms with Crippen LogP contribution in [0.2, 0.25) is 0 Å². The summed E-state index contributed by atoms with van der Waals surface area (Å²) in [4.78, 5) is 38.0. The fourth-order valence-electron chi connectivity index (χ4n) is 10.8. The van der Waals surface area contributed by atoms with E-state index in [-0.39, 0.29) is 30.3 Å². The van der Waals surface area contributed by atoms with Crippen LogP contribution in [0.5, 0.6) is 5.75 Å². The molecule has 1 aromatic rings. The number of ether oxygens (including phenoxy) is 5. The Bertz CT molecular complexity index is 1480. The maximum atomic E-state index is 13.1. The summed E-state index contributed by atoms with van der Waals surface area (Å²) in [5, 5.41) is 13.1. The third-order valence-corrected chi connectivity index (χ3v) is 12.8. The van der Waals surface area contributed by atoms with Gasteiger partial charge in [0.25, 0.3) is 0 Å². The van der Waals surface area contributed by atoms with E-state index in [2.05, 4.69) is 32.9 Å². The van der Waals surface area contributed by atoms with Crippen molar-refractivity contribution >= 4 is 17.9 Å². The molecule has 1 heterocycles. The van der Waals surface area contributed by atoms with Crippen molar-refractivity contribution in [3.8, 4) is 5.75 Å². The maximum Gasteiger partial charge on any atom is 0.303 e. The van der Waals surface area contributed by atoms with Crippen LogP contribution in [-0.4, -0.2) is 66.7 Å². The molecule has 0 aromatic heterocycles. The lowest BCUT2D eigenvalue weighted by Crippen LogP contribution is -2.71. The number of para-hydroxylation sites is 1. The van der Waals surface area contributed by atoms with Crippen molar-refractivity contribution in [3.63, 3.8) is 0 Å². The zero-order valence-corrected chi connectivity index (χ0v) is 30.7. The normalized spacial score (nSPS) is 37.9. The first kappa shape index (κ1) is 37.1. The highest BCUT2D eigenvalue weighted by atomic mass is 16.6. The Kier molecular flexibility index (Phi) is 10.5. The highest BCUT2D eigenvalue weighted by Gasteiger charge is 2.72. The summed E-state index contributed by atoms with van der Waals surface area (Å²) in [6, 6.07) is 8.00. The smallest absolute Gasteiger partial charge is 0.303 e. The molecule has 270 valence electrons. The SMILES string of the molecule is CCOc1ccccc1[C@@H](C)C[C@]1(O)C(C)=C[C@@H](OC(C)=O)[C@@]2(C)[C@H]1CC[C@]1(C)[C@@H]2C[C@H](OC(C)=O)[C@@]2([C@@H](C)OC(C)=O)COCC=C[C@@H]12. The second-order valence-corrected chi connectivity index (χ2v) is 15.5. The van der Waals surface area contributed by atoms with Crippen molar-refractivity contribution in [2.24, 2.45) is 34.0 Å². The molecule has 11 atom stereocenters. The zero-order chi connectivity index (χ0) is 35.9. The van der Waals surface area contributed by atoms with Gasteiger partial charge in [-0.3, -0.25) is 14.4 Å². The van der Waals surface area contributed by atoms with Crippen LogP contribution < -0.4 is 4.74 Å². The topological polar surface area (TPSA) is 118 Å². The molecule has 0 unspecified atom stereocenters. The quantitative estimate of drug-likeness (QED) is 0.172. The van der Waals surface area contributed by atoms with Crippen molar-refractivity contribution in [1.29, 1.82) is 0 Å². The van der Waals surface area contributed by atoms with E-state index in [1.54, 1.807) is 0 Å². The molecule has 1 N–H and O–H groups in total. The molecule has 0 amide bonds. The average molecular weight is 681 g/mol. The van der Waals surface area contributed by atoms with Gasteiger partial charge in [-0.25, -0.2) is 0 Å². The first-order valence-electron chi connectivity index (χ1n) is 17.9. The summed E-state index contributed by atoms with van der Waals surface area (Å²) < 4.78 is 30.5. The number of carbonyl (C=O) groups excluding carboxylic acids is 3. The van der Waals surface area contributed by atoms with E-state index < -0.39 is 58.1 Å². The van der Waals surface area contributed by atoms with Crippen molar-refractivity contribution in [1.82, 2.24) is 0 Å². The molecule has 9 heteroatoms. The van der Waals surface area contributed by atoms with Gasteiger partial charge in [-0.15, -0.1) is 0 Å². The first-order chi connectivity index (χ1) is 23.0. The Morgan fingerprint density at radius 2 is 1.71 bits per heavy atom. The van der Waals surface area contributed by atoms with Gasteiger partial charge in [-0.05, 0) is 92.9 Å². The van der Waals surface area contributed by atoms with Gasteiger partial charge in [0.15, 0.2) is 0 Å². The Labute approximate surface area is 291 Å². The minimum atomic E-state index is -1.22. The van der Waals surface area contributed by atoms with Crippen LogP contribution in [0.25, 0.3) is 0 Å². The number of aliphatic hydroxyl groups is 1. The van der Waals surface area contributed by atoms with Crippen molar-refractivity contribution in [3.05, 3.63) is 53.6 Å². The molecule has 2 saturated carbocycles. The van der Waals surface area contributed by atoms with Crippen LogP contribution >= 0.6 is 0 Å². The molecular formula is C40H56O9. The summed E-state index contributed by atoms with van der Waals surface area (Å²) in [7, 11) is 0. The summed E-state index contributed by atoms with van der Waals surface area (Å²) in [6.07, 6.45) is 6.53. The highest BCUT2D eigenvalue weighted by Crippen LogP contribution is 2.71. The molecule has 0 radical (unpaired) electrons. The minimum absolute atomic E-state index is 0.0433. The number of benzene rings is 1. The van der Waals surface area contributed by atoms with Gasteiger partial charge in [0.05, 0.1) is 30.8 Å². The van der Waals surface area contributed by atoms with E-state index in [9.17, 15) is 19.5 Å². The lowest BCUT2D eigenvalue weighted by Gasteiger charge is -2.69. The van der Waals surface area contributed by atoms with Crippen LogP contribution in [-0.2, 0) is 33.3 Å². The third kappa shape index (κ3) is 6.24. The Hall–Kier alpha value is -3.17. The van der Waals surface area contributed by atoms with Gasteiger partial charge >= 0.3 is 17.9 Å². The standard InChI is InChI=1S/C40H56O9/c1-10-46-31-15-12-11-14-30(31)24(2)22-40(44)25(3)20-35(48-28(6)42)38(9)33(40)17-18-37(8)32-16-13-19-45-23-39(32,26(4)47-27(5)41)36(21-34(37)38)49-29(7)43/h11-16,20,24,26,32-36,44H,10,17-19,21-23H2,1-9H3/t24-,26+,32-,33+,34-,35+,36-,37-,38-,39+,40-/m0/s1. The molecule has 0 spiro atoms. The molecule has 5 rings (SSSR count). The number of allylic oxidation sites excluding steroid dienone is 1. The highest BCUT2D eigenvalue weighted by molar-refractivity contribution is 5.67. The molecule has 1 aromatic carbocycles. The van der Waals surface area contributed by atoms with E-state index in [0.717, 1.165) is 23.3 Å². The van der Waals surface area contributed by atoms with Gasteiger partial charge < -0.3 is 28.8 Å². The van der Waals surface area contributed by atoms with Crippen molar-refractivity contribution in [2.75, 3.05) is 19.8 Å². The second-order valence-electron chi connectivity index (χ2n) is 15.5. The first-order valence-corrected chi connectivity index (χ1v) is 17.9. The largest absolute Gasteiger partial charge is 0.494 e. The monoisotopic (exact) mass is 680 g/mol. The van der Waals surface area contributed by atoms with E-state index >= 15 is 0 Å². The molecule has 1 aliphatic heterocycles. The van der Waals surface area contributed by atoms with Crippen molar-refractivity contribution < 1.29 is 43.2 Å². The molecule has 49 heavy (non-hydrogen) atoms. The molecule has 0 saturated heterocycles. The summed E-state index contributed by atoms with van der Waals surface area (Å²) in [6.45, 7) is 17.7. The minimum Gasteiger partial charge on any atom is -0.494 e. The lowest BCUT2D eigenvalue weighted by atomic mass is 9.36. The Balaban J connectivity index is 1.67. The Morgan fingerprint density at radius 1 is 1.02 bits per heavy atom. The van der Waals surface area contributed by atoms with Gasteiger partial charge in [0.1, 0.15) is 24.1 Å². The fourth-order valence-corrected chi connectivity index (χ4v) is 10.8. The van der Waals surface area contributed by atoms with Gasteiger partial charge in [-0.2, -0.15) is 0 Å². The van der Waals surface area contributed by atoms with Gasteiger partial charge in [-0.1, -0.05) is 51.1 Å². The van der Waals surface area contributed by atoms with Crippen molar-refractivity contribution in [2.45, 2.75) is 118 Å². The van der Waals surface area contributed by atoms with E-state index in [4.69, 9.17) is 23.7 Å². The summed E-state index contributed by atoms with van der Waals surface area (Å²) in [5.74, 6) is -1.12. The Morgan fingerprint density at radius 3 is 2.37 bits per heavy atom. The molecular weight excluding hydrogens is 624 g/mol. The number of hydrogen-bond acceptors (Lipinski definition) is 9. The van der Waals surface area contributed by atoms with Crippen LogP contribution in [0.3, 0.4) is 0 Å². The summed E-state index contributed by atoms with van der Waals surface area (Å²) in [5.41, 5.74) is -1.42. The predicted octanol–water partition coefficient (Wildman–Crippen LogP) is 6.72. The second kappa shape index (κ2) is 13.9. The van der Waals surface area contributed by atoms with Crippen LogP contribution in [0, 0.1) is 34.0 Å². The number of hydrogen-bond donors (Lipinski definition) is 1. The number of rotatable bonds is 9. The summed E-state index contributed by atoms with van der Waals surface area (Å²) >= 11 is 0. The van der Waals surface area contributed by atoms with Crippen LogP contribution in [0.15, 0.2) is 48.1 Å². The molecule has 3 aliphatic carbocycles. The zero-order valence-electron chi connectivity index (χ0n) is 30.7. The fraction of sp³-hybridized carbons (Fsp3) is 0.675. The number of carbonyl (C=O) groups is 3. The lowest BCUT2D eigenvalue weighted by molar-refractivity contribution is -0.267. The third-order valence-electron chi connectivity index (χ3n) is 12.8. The van der Waals surface area contributed by atoms with Gasteiger partial charge in [0, 0.05) is 32.1 Å². The van der Waals surface area contributed by atoms with E-state index in [1.165, 1.54) is 20.8 Å². The molecule has 0 bridgehead atoms. The van der Waals surface area contributed by atoms with E-state index in [0.29, 0.717) is 32.5 Å². The average Bonchev–Trinajstić information content (AvgIpc) is 3.26. The number of esters is 3. The molecule has 9 nitrogen and oxygen atoms in total. The van der Waals surface area contributed by atoms with Crippen LogP contribution in [0.1, 0.15) is 99.5 Å². The van der Waals surface area contributed by atoms with Crippen LogP contribution in [0.4, 0.5) is 0 Å². The van der Waals surface area contributed by atoms with Gasteiger partial charge in [0.2, 0.25) is 0 Å².